The van der Waals surface area contributed by atoms with Gasteiger partial charge in [0, 0.05) is 0 Å². The van der Waals surface area contributed by atoms with E-state index in [1.165, 1.54) is 25.1 Å². The van der Waals surface area contributed by atoms with E-state index < -0.39 is 17.5 Å². The Labute approximate surface area is 153 Å². The zero-order valence-corrected chi connectivity index (χ0v) is 16.3. The van der Waals surface area contributed by atoms with Crippen LogP contribution in [0.5, 0.6) is 0 Å². The fraction of sp³-hybridized carbons (Fsp3) is 0.579. The number of carbonyl (C=O) groups excluding carboxylic acids is 2. The first-order valence-corrected chi connectivity index (χ1v) is 8.59. The number of benzene rings is 1. The van der Waals surface area contributed by atoms with Gasteiger partial charge in [0.1, 0.15) is 5.82 Å². The fourth-order valence-corrected chi connectivity index (χ4v) is 2.23. The highest BCUT2D eigenvalue weighted by Crippen LogP contribution is 2.30. The first-order chi connectivity index (χ1) is 12.0. The standard InChI is InChI=1S/C19H27FN2O4/c1-7-25-16(23)19(6,17(24)26-8-2)22-21-15-10-9-14(20)11-13(15)12-18(3,4)5/h9-11H,7-8,12H2,1-6H3/b22-21+. The molecule has 1 aromatic rings. The number of nitrogens with zero attached hydrogens (tertiary/aromatic N) is 2. The maximum atomic E-state index is 13.6. The van der Waals surface area contributed by atoms with Gasteiger partial charge in [0.25, 0.3) is 5.54 Å². The number of hydrogen-bond acceptors (Lipinski definition) is 6. The minimum atomic E-state index is -1.92. The van der Waals surface area contributed by atoms with E-state index >= 15 is 0 Å². The molecule has 0 aliphatic heterocycles. The third kappa shape index (κ3) is 5.89. The van der Waals surface area contributed by atoms with Crippen molar-refractivity contribution < 1.29 is 23.5 Å². The van der Waals surface area contributed by atoms with E-state index in [0.717, 1.165) is 0 Å². The smallest absolute Gasteiger partial charge is 0.347 e. The summed E-state index contributed by atoms with van der Waals surface area (Å²) in [5.41, 5.74) is -0.999. The molecule has 0 aliphatic rings. The molecule has 7 heteroatoms. The summed E-state index contributed by atoms with van der Waals surface area (Å²) >= 11 is 0. The normalized spacial score (nSPS) is 12.3. The second-order valence-corrected chi connectivity index (χ2v) is 7.22. The van der Waals surface area contributed by atoms with E-state index in [9.17, 15) is 14.0 Å². The number of azo groups is 1. The molecule has 0 heterocycles. The monoisotopic (exact) mass is 366 g/mol. The average molecular weight is 366 g/mol. The van der Waals surface area contributed by atoms with Gasteiger partial charge in [-0.05, 0) is 56.4 Å². The second-order valence-electron chi connectivity index (χ2n) is 7.22. The van der Waals surface area contributed by atoms with Crippen molar-refractivity contribution in [3.05, 3.63) is 29.6 Å². The second kappa shape index (κ2) is 8.87. The van der Waals surface area contributed by atoms with Crippen molar-refractivity contribution in [3.8, 4) is 0 Å². The zero-order valence-electron chi connectivity index (χ0n) is 16.3. The van der Waals surface area contributed by atoms with Gasteiger partial charge in [-0.25, -0.2) is 14.0 Å². The van der Waals surface area contributed by atoms with Gasteiger partial charge in [-0.1, -0.05) is 20.8 Å². The summed E-state index contributed by atoms with van der Waals surface area (Å²) in [5.74, 6) is -2.08. The number of rotatable bonds is 7. The molecule has 0 spiro atoms. The van der Waals surface area contributed by atoms with Crippen molar-refractivity contribution in [1.82, 2.24) is 0 Å². The molecule has 0 saturated carbocycles. The summed E-state index contributed by atoms with van der Waals surface area (Å²) < 4.78 is 23.5. The Morgan fingerprint density at radius 2 is 1.58 bits per heavy atom. The Kier molecular flexibility index (Phi) is 7.41. The van der Waals surface area contributed by atoms with Gasteiger partial charge in [-0.15, -0.1) is 0 Å². The topological polar surface area (TPSA) is 77.3 Å². The van der Waals surface area contributed by atoms with Crippen LogP contribution in [-0.4, -0.2) is 30.7 Å². The van der Waals surface area contributed by atoms with Crippen LogP contribution in [0, 0.1) is 11.2 Å². The first-order valence-electron chi connectivity index (χ1n) is 8.59. The third-order valence-electron chi connectivity index (χ3n) is 3.47. The number of carbonyl (C=O) groups is 2. The lowest BCUT2D eigenvalue weighted by Crippen LogP contribution is -2.44. The summed E-state index contributed by atoms with van der Waals surface area (Å²) in [7, 11) is 0. The van der Waals surface area contributed by atoms with Crippen LogP contribution in [0.3, 0.4) is 0 Å². The summed E-state index contributed by atoms with van der Waals surface area (Å²) in [6.45, 7) is 10.8. The van der Waals surface area contributed by atoms with E-state index in [1.54, 1.807) is 13.8 Å². The van der Waals surface area contributed by atoms with Gasteiger partial charge >= 0.3 is 11.9 Å². The van der Waals surface area contributed by atoms with Gasteiger partial charge in [0.05, 0.1) is 18.9 Å². The van der Waals surface area contributed by atoms with Crippen LogP contribution in [0.25, 0.3) is 0 Å². The molecule has 26 heavy (non-hydrogen) atoms. The van der Waals surface area contributed by atoms with Crippen molar-refractivity contribution in [3.63, 3.8) is 0 Å². The van der Waals surface area contributed by atoms with Crippen LogP contribution in [0.2, 0.25) is 0 Å². The molecule has 1 aromatic carbocycles. The molecule has 0 unspecified atom stereocenters. The lowest BCUT2D eigenvalue weighted by Gasteiger charge is -2.21. The quantitative estimate of drug-likeness (QED) is 0.407. The van der Waals surface area contributed by atoms with Crippen LogP contribution in [-0.2, 0) is 25.5 Å². The van der Waals surface area contributed by atoms with Crippen LogP contribution in [0.15, 0.2) is 28.4 Å². The first kappa shape index (κ1) is 21.7. The molecule has 6 nitrogen and oxygen atoms in total. The molecular weight excluding hydrogens is 339 g/mol. The van der Waals surface area contributed by atoms with E-state index in [2.05, 4.69) is 10.2 Å². The van der Waals surface area contributed by atoms with Crippen molar-refractivity contribution >= 4 is 17.6 Å². The summed E-state index contributed by atoms with van der Waals surface area (Å²) in [6.07, 6.45) is 0.550. The number of ether oxygens (including phenoxy) is 2. The molecule has 144 valence electrons. The molecule has 0 aliphatic carbocycles. The third-order valence-corrected chi connectivity index (χ3v) is 3.47. The average Bonchev–Trinajstić information content (AvgIpc) is 2.52. The van der Waals surface area contributed by atoms with E-state index in [4.69, 9.17) is 9.47 Å². The minimum Gasteiger partial charge on any atom is -0.464 e. The van der Waals surface area contributed by atoms with Crippen molar-refractivity contribution in [2.24, 2.45) is 15.6 Å². The lowest BCUT2D eigenvalue weighted by atomic mass is 9.87. The minimum absolute atomic E-state index is 0.0924. The van der Waals surface area contributed by atoms with Crippen LogP contribution >= 0.6 is 0 Å². The Hall–Kier alpha value is -2.31. The van der Waals surface area contributed by atoms with Gasteiger partial charge in [0.15, 0.2) is 0 Å². The van der Waals surface area contributed by atoms with Crippen molar-refractivity contribution in [2.75, 3.05) is 13.2 Å². The summed E-state index contributed by atoms with van der Waals surface area (Å²) in [6, 6.07) is 4.11. The molecular formula is C19H27FN2O4. The molecule has 0 atom stereocenters. The van der Waals surface area contributed by atoms with Gasteiger partial charge in [0.2, 0.25) is 0 Å². The van der Waals surface area contributed by atoms with E-state index in [1.807, 2.05) is 20.8 Å². The van der Waals surface area contributed by atoms with Crippen LogP contribution < -0.4 is 0 Å². The number of esters is 2. The van der Waals surface area contributed by atoms with Gasteiger partial charge in [-0.3, -0.25) is 0 Å². The highest BCUT2D eigenvalue weighted by atomic mass is 19.1. The Morgan fingerprint density at radius 1 is 1.04 bits per heavy atom. The van der Waals surface area contributed by atoms with Crippen molar-refractivity contribution in [2.45, 2.75) is 53.5 Å². The molecule has 0 aromatic heterocycles. The van der Waals surface area contributed by atoms with E-state index in [0.29, 0.717) is 17.7 Å². The number of halogens is 1. The Balaban J connectivity index is 3.28. The molecule has 0 N–H and O–H groups in total. The largest absolute Gasteiger partial charge is 0.464 e. The predicted molar refractivity (Wildman–Crippen MR) is 95.7 cm³/mol. The maximum Gasteiger partial charge on any atom is 0.347 e. The highest BCUT2D eigenvalue weighted by Gasteiger charge is 2.45. The highest BCUT2D eigenvalue weighted by molar-refractivity contribution is 6.04. The SMILES string of the molecule is CCOC(=O)C(C)(/N=N/c1ccc(F)cc1CC(C)(C)C)C(=O)OCC. The molecule has 0 amide bonds. The van der Waals surface area contributed by atoms with Crippen molar-refractivity contribution in [1.29, 1.82) is 0 Å². The lowest BCUT2D eigenvalue weighted by molar-refractivity contribution is -0.163. The molecule has 1 rings (SSSR count). The molecule has 0 fully saturated rings. The van der Waals surface area contributed by atoms with Crippen LogP contribution in [0.4, 0.5) is 10.1 Å². The Morgan fingerprint density at radius 3 is 2.04 bits per heavy atom. The molecule has 0 bridgehead atoms. The van der Waals surface area contributed by atoms with Gasteiger partial charge < -0.3 is 9.47 Å². The molecule has 0 radical (unpaired) electrons. The molecule has 0 saturated heterocycles. The van der Waals surface area contributed by atoms with Crippen LogP contribution in [0.1, 0.15) is 47.1 Å². The fourth-order valence-electron chi connectivity index (χ4n) is 2.23. The summed E-state index contributed by atoms with van der Waals surface area (Å²) in [4.78, 5) is 24.5. The van der Waals surface area contributed by atoms with E-state index in [-0.39, 0.29) is 24.4 Å². The maximum absolute atomic E-state index is 13.6. The predicted octanol–water partition coefficient (Wildman–Crippen LogP) is 4.38. The zero-order chi connectivity index (χ0) is 20.0. The summed E-state index contributed by atoms with van der Waals surface area (Å²) in [5, 5.41) is 8.00. The van der Waals surface area contributed by atoms with Gasteiger partial charge in [-0.2, -0.15) is 10.2 Å². The number of hydrogen-bond donors (Lipinski definition) is 0. The Bertz CT molecular complexity index is 663.